The van der Waals surface area contributed by atoms with Crippen molar-refractivity contribution in [2.24, 2.45) is 0 Å². The molecule has 1 aliphatic rings. The van der Waals surface area contributed by atoms with Crippen LogP contribution in [0.1, 0.15) is 22.3 Å². The maximum Gasteiger partial charge on any atom is 0.335 e. The van der Waals surface area contributed by atoms with E-state index in [1.807, 2.05) is 31.2 Å². The van der Waals surface area contributed by atoms with E-state index in [9.17, 15) is 14.4 Å². The average Bonchev–Trinajstić information content (AvgIpc) is 2.82. The zero-order chi connectivity index (χ0) is 25.1. The van der Waals surface area contributed by atoms with Gasteiger partial charge >= 0.3 is 6.03 Å². The summed E-state index contributed by atoms with van der Waals surface area (Å²) < 4.78 is 12.0. The van der Waals surface area contributed by atoms with Crippen LogP contribution < -0.4 is 19.7 Å². The molecule has 0 bridgehead atoms. The van der Waals surface area contributed by atoms with Gasteiger partial charge in [0.1, 0.15) is 12.2 Å². The Bertz CT molecular complexity index is 1370. The van der Waals surface area contributed by atoms with Crippen LogP contribution in [0.5, 0.6) is 11.5 Å². The van der Waals surface area contributed by atoms with Crippen LogP contribution >= 0.6 is 15.9 Å². The topological polar surface area (TPSA) is 84.9 Å². The molecule has 4 amide bonds. The van der Waals surface area contributed by atoms with Crippen LogP contribution in [0.4, 0.5) is 10.5 Å². The summed E-state index contributed by atoms with van der Waals surface area (Å²) in [6.07, 6.45) is 1.42. The number of carbonyl (C=O) groups excluding carboxylic acids is 3. The second kappa shape index (κ2) is 10.1. The fourth-order valence-electron chi connectivity index (χ4n) is 3.74. The Morgan fingerprint density at radius 3 is 2.46 bits per heavy atom. The first-order chi connectivity index (χ1) is 16.8. The molecule has 3 aromatic carbocycles. The van der Waals surface area contributed by atoms with Gasteiger partial charge in [-0.3, -0.25) is 14.9 Å². The van der Waals surface area contributed by atoms with Gasteiger partial charge in [-0.15, -0.1) is 0 Å². The van der Waals surface area contributed by atoms with Crippen LogP contribution in [0.25, 0.3) is 6.08 Å². The molecule has 178 valence electrons. The third-order valence-electron chi connectivity index (χ3n) is 5.52. The molecular formula is C27H23BrN2O5. The van der Waals surface area contributed by atoms with E-state index in [2.05, 4.69) is 21.2 Å². The second-order valence-electron chi connectivity index (χ2n) is 8.05. The summed E-state index contributed by atoms with van der Waals surface area (Å²) >= 11 is 3.49. The van der Waals surface area contributed by atoms with Crippen LogP contribution in [-0.4, -0.2) is 25.0 Å². The minimum atomic E-state index is -0.789. The molecule has 0 spiro atoms. The summed E-state index contributed by atoms with van der Waals surface area (Å²) in [7, 11) is 1.51. The number of nitrogens with one attached hydrogen (secondary N) is 1. The molecule has 1 heterocycles. The van der Waals surface area contributed by atoms with Crippen LogP contribution in [-0.2, 0) is 16.2 Å². The Kier molecular flexibility index (Phi) is 7.02. The van der Waals surface area contributed by atoms with Gasteiger partial charge in [-0.1, -0.05) is 64.0 Å². The molecule has 0 unspecified atom stereocenters. The highest BCUT2D eigenvalue weighted by molar-refractivity contribution is 9.10. The molecular weight excluding hydrogens is 512 g/mol. The van der Waals surface area contributed by atoms with Gasteiger partial charge in [0.2, 0.25) is 0 Å². The minimum absolute atomic E-state index is 0.177. The van der Waals surface area contributed by atoms with E-state index in [1.54, 1.807) is 43.3 Å². The normalized spacial score (nSPS) is 14.8. The number of anilines is 1. The van der Waals surface area contributed by atoms with Crippen LogP contribution in [0.2, 0.25) is 0 Å². The predicted octanol–water partition coefficient (Wildman–Crippen LogP) is 5.32. The molecule has 0 aromatic heterocycles. The number of aryl methyl sites for hydroxylation is 2. The van der Waals surface area contributed by atoms with Gasteiger partial charge in [-0.25, -0.2) is 9.69 Å². The molecule has 0 saturated carbocycles. The Morgan fingerprint density at radius 1 is 0.971 bits per heavy atom. The van der Waals surface area contributed by atoms with Crippen molar-refractivity contribution in [3.05, 3.63) is 93.0 Å². The van der Waals surface area contributed by atoms with Gasteiger partial charge in [0.15, 0.2) is 11.5 Å². The number of halogens is 1. The first-order valence-corrected chi connectivity index (χ1v) is 11.6. The van der Waals surface area contributed by atoms with E-state index in [1.165, 1.54) is 13.2 Å². The number of imide groups is 2. The second-order valence-corrected chi connectivity index (χ2v) is 8.90. The number of rotatable bonds is 6. The zero-order valence-corrected chi connectivity index (χ0v) is 21.0. The van der Waals surface area contributed by atoms with Crippen LogP contribution in [0.3, 0.4) is 0 Å². The van der Waals surface area contributed by atoms with E-state index < -0.39 is 17.8 Å². The standard InChI is InChI=1S/C27H23BrN2O5/c1-16-7-6-9-18(11-16)15-35-24-14-21(28)19(13-23(24)34-3)12-20-25(31)29-27(33)30(26(20)32)22-10-5-4-8-17(22)2/h4-14H,15H2,1-3H3,(H,29,31,33)/b20-12+. The minimum Gasteiger partial charge on any atom is -0.493 e. The zero-order valence-electron chi connectivity index (χ0n) is 19.4. The van der Waals surface area contributed by atoms with Crippen molar-refractivity contribution in [2.45, 2.75) is 20.5 Å². The van der Waals surface area contributed by atoms with Crippen molar-refractivity contribution in [2.75, 3.05) is 12.0 Å². The number of urea groups is 1. The molecule has 1 N–H and O–H groups in total. The number of benzene rings is 3. The Balaban J connectivity index is 1.66. The van der Waals surface area contributed by atoms with E-state index in [4.69, 9.17) is 9.47 Å². The number of para-hydroxylation sites is 1. The summed E-state index contributed by atoms with van der Waals surface area (Å²) in [5.41, 5.74) is 3.62. The highest BCUT2D eigenvalue weighted by Gasteiger charge is 2.37. The number of ether oxygens (including phenoxy) is 2. The summed E-state index contributed by atoms with van der Waals surface area (Å²) in [4.78, 5) is 39.3. The Morgan fingerprint density at radius 2 is 1.74 bits per heavy atom. The van der Waals surface area contributed by atoms with E-state index in [-0.39, 0.29) is 5.57 Å². The molecule has 1 fully saturated rings. The monoisotopic (exact) mass is 534 g/mol. The number of carbonyl (C=O) groups is 3. The average molecular weight is 535 g/mol. The highest BCUT2D eigenvalue weighted by atomic mass is 79.9. The van der Waals surface area contributed by atoms with Crippen molar-refractivity contribution in [1.82, 2.24) is 5.32 Å². The molecule has 4 rings (SSSR count). The van der Waals surface area contributed by atoms with Gasteiger partial charge in [0, 0.05) is 4.47 Å². The van der Waals surface area contributed by atoms with Crippen LogP contribution in [0.15, 0.2) is 70.7 Å². The first kappa shape index (κ1) is 24.2. The van der Waals surface area contributed by atoms with Gasteiger partial charge < -0.3 is 9.47 Å². The molecule has 35 heavy (non-hydrogen) atoms. The smallest absolute Gasteiger partial charge is 0.335 e. The van der Waals surface area contributed by atoms with E-state index >= 15 is 0 Å². The van der Waals surface area contributed by atoms with Crippen molar-refractivity contribution in [3.63, 3.8) is 0 Å². The lowest BCUT2D eigenvalue weighted by Crippen LogP contribution is -2.54. The highest BCUT2D eigenvalue weighted by Crippen LogP contribution is 2.36. The number of methoxy groups -OCH3 is 1. The van der Waals surface area contributed by atoms with Gasteiger partial charge in [-0.05, 0) is 54.8 Å². The number of nitrogens with zero attached hydrogens (tertiary/aromatic N) is 1. The van der Waals surface area contributed by atoms with Crippen molar-refractivity contribution in [3.8, 4) is 11.5 Å². The lowest BCUT2D eigenvalue weighted by molar-refractivity contribution is -0.122. The van der Waals surface area contributed by atoms with Gasteiger partial charge in [-0.2, -0.15) is 0 Å². The van der Waals surface area contributed by atoms with Crippen molar-refractivity contribution in [1.29, 1.82) is 0 Å². The lowest BCUT2D eigenvalue weighted by Gasteiger charge is -2.27. The molecule has 1 saturated heterocycles. The van der Waals surface area contributed by atoms with Crippen molar-refractivity contribution < 1.29 is 23.9 Å². The lowest BCUT2D eigenvalue weighted by atomic mass is 10.1. The summed E-state index contributed by atoms with van der Waals surface area (Å²) in [5, 5.41) is 2.25. The Hall–Kier alpha value is -3.91. The predicted molar refractivity (Wildman–Crippen MR) is 136 cm³/mol. The van der Waals surface area contributed by atoms with Gasteiger partial charge in [0.05, 0.1) is 12.8 Å². The third kappa shape index (κ3) is 5.12. The largest absolute Gasteiger partial charge is 0.493 e. The SMILES string of the molecule is COc1cc(/C=C2\C(=O)NC(=O)N(c3ccccc3C)C2=O)c(Br)cc1OCc1cccc(C)c1. The maximum absolute atomic E-state index is 13.2. The summed E-state index contributed by atoms with van der Waals surface area (Å²) in [5.74, 6) is -0.545. The van der Waals surface area contributed by atoms with Crippen LogP contribution in [0, 0.1) is 13.8 Å². The fourth-order valence-corrected chi connectivity index (χ4v) is 4.18. The Labute approximate surface area is 211 Å². The van der Waals surface area contributed by atoms with Crippen molar-refractivity contribution >= 4 is 45.5 Å². The molecule has 0 radical (unpaired) electrons. The molecule has 3 aromatic rings. The number of hydrogen-bond acceptors (Lipinski definition) is 5. The molecule has 7 nitrogen and oxygen atoms in total. The first-order valence-electron chi connectivity index (χ1n) is 10.8. The molecule has 8 heteroatoms. The third-order valence-corrected chi connectivity index (χ3v) is 6.20. The molecule has 0 aliphatic carbocycles. The summed E-state index contributed by atoms with van der Waals surface area (Å²) in [6, 6.07) is 17.5. The number of barbiturate groups is 1. The molecule has 0 atom stereocenters. The maximum atomic E-state index is 13.2. The number of amides is 4. The van der Waals surface area contributed by atoms with E-state index in [0.29, 0.717) is 33.8 Å². The quantitative estimate of drug-likeness (QED) is 0.341. The molecule has 1 aliphatic heterocycles. The van der Waals surface area contributed by atoms with E-state index in [0.717, 1.165) is 21.6 Å². The number of hydrogen-bond donors (Lipinski definition) is 1. The fraction of sp³-hybridized carbons (Fsp3) is 0.148. The van der Waals surface area contributed by atoms with Gasteiger partial charge in [0.25, 0.3) is 11.8 Å². The summed E-state index contributed by atoms with van der Waals surface area (Å²) in [6.45, 7) is 4.14.